The van der Waals surface area contributed by atoms with Gasteiger partial charge in [0.2, 0.25) is 0 Å². The molecule has 26 heavy (non-hydrogen) atoms. The molecule has 9 heteroatoms. The van der Waals surface area contributed by atoms with Crippen molar-refractivity contribution in [2.75, 3.05) is 17.1 Å². The maximum atomic E-state index is 12.6. The number of halogens is 1. The molecule has 3 rings (SSSR count). The molecule has 2 N–H and O–H groups in total. The van der Waals surface area contributed by atoms with Gasteiger partial charge >= 0.3 is 0 Å². The van der Waals surface area contributed by atoms with Crippen LogP contribution in [-0.4, -0.2) is 20.5 Å². The number of rotatable bonds is 7. The van der Waals surface area contributed by atoms with Gasteiger partial charge in [-0.25, -0.2) is 13.4 Å². The molecular weight excluding hydrogens is 378 g/mol. The van der Waals surface area contributed by atoms with Crippen LogP contribution >= 0.6 is 11.6 Å². The Labute approximate surface area is 156 Å². The second kappa shape index (κ2) is 7.67. The summed E-state index contributed by atoms with van der Waals surface area (Å²) in [6.07, 6.45) is 3.12. The van der Waals surface area contributed by atoms with Gasteiger partial charge < -0.3 is 14.5 Å². The van der Waals surface area contributed by atoms with E-state index < -0.39 is 10.0 Å². The third-order valence-corrected chi connectivity index (χ3v) is 5.08. The minimum absolute atomic E-state index is 0.0608. The molecule has 136 valence electrons. The van der Waals surface area contributed by atoms with Crippen LogP contribution in [0.3, 0.4) is 0 Å². The van der Waals surface area contributed by atoms with Gasteiger partial charge in [-0.1, -0.05) is 11.6 Å². The number of furan rings is 1. The first-order valence-corrected chi connectivity index (χ1v) is 9.43. The summed E-state index contributed by atoms with van der Waals surface area (Å²) in [5, 5.41) is 3.41. The topological polar surface area (TPSA) is 93.5 Å². The molecule has 0 saturated heterocycles. The molecule has 0 unspecified atom stereocenters. The highest BCUT2D eigenvalue weighted by Gasteiger charge is 2.20. The third kappa shape index (κ3) is 4.27. The van der Waals surface area contributed by atoms with Crippen molar-refractivity contribution in [2.24, 2.45) is 0 Å². The molecule has 0 atom stereocenters. The van der Waals surface area contributed by atoms with E-state index in [2.05, 4.69) is 15.0 Å². The highest BCUT2D eigenvalue weighted by atomic mass is 35.5. The fraction of sp³-hybridized carbons (Fsp3) is 0.118. The van der Waals surface area contributed by atoms with Crippen molar-refractivity contribution in [1.82, 2.24) is 4.98 Å². The molecular formula is C17H16ClN3O4S. The van der Waals surface area contributed by atoms with Gasteiger partial charge in [-0.15, -0.1) is 0 Å². The lowest BCUT2D eigenvalue weighted by Crippen LogP contribution is -2.15. The maximum absolute atomic E-state index is 12.6. The largest absolute Gasteiger partial charge is 0.495 e. The van der Waals surface area contributed by atoms with Crippen molar-refractivity contribution in [3.05, 3.63) is 65.7 Å². The number of hydrogen-bond acceptors (Lipinski definition) is 6. The van der Waals surface area contributed by atoms with Gasteiger partial charge in [-0.05, 0) is 42.5 Å². The summed E-state index contributed by atoms with van der Waals surface area (Å²) in [5.74, 6) is 1.15. The average Bonchev–Trinajstić information content (AvgIpc) is 3.14. The molecule has 0 bridgehead atoms. The molecule has 0 radical (unpaired) electrons. The summed E-state index contributed by atoms with van der Waals surface area (Å²) in [6, 6.07) is 11.3. The Hall–Kier alpha value is -2.71. The van der Waals surface area contributed by atoms with Crippen LogP contribution < -0.4 is 14.8 Å². The molecule has 0 spiro atoms. The van der Waals surface area contributed by atoms with Crippen molar-refractivity contribution in [1.29, 1.82) is 0 Å². The van der Waals surface area contributed by atoms with E-state index in [-0.39, 0.29) is 21.5 Å². The van der Waals surface area contributed by atoms with E-state index in [1.54, 1.807) is 30.5 Å². The Morgan fingerprint density at radius 1 is 1.23 bits per heavy atom. The van der Waals surface area contributed by atoms with Crippen LogP contribution in [0.25, 0.3) is 0 Å². The number of nitrogens with zero attached hydrogens (tertiary/aromatic N) is 1. The zero-order valence-electron chi connectivity index (χ0n) is 13.8. The molecule has 0 saturated carbocycles. The Bertz CT molecular complexity index is 974. The van der Waals surface area contributed by atoms with E-state index in [9.17, 15) is 8.42 Å². The molecule has 0 aliphatic heterocycles. The molecule has 0 aliphatic carbocycles. The molecule has 3 aromatic rings. The van der Waals surface area contributed by atoms with Crippen molar-refractivity contribution in [3.8, 4) is 5.75 Å². The van der Waals surface area contributed by atoms with Crippen LogP contribution in [0.5, 0.6) is 5.75 Å². The fourth-order valence-corrected chi connectivity index (χ4v) is 3.66. The normalized spacial score (nSPS) is 11.2. The number of methoxy groups -OCH3 is 1. The number of benzene rings is 1. The lowest BCUT2D eigenvalue weighted by molar-refractivity contribution is 0.403. The maximum Gasteiger partial charge on any atom is 0.266 e. The van der Waals surface area contributed by atoms with Crippen LogP contribution in [0.4, 0.5) is 11.5 Å². The van der Waals surface area contributed by atoms with Crippen molar-refractivity contribution >= 4 is 33.1 Å². The second-order valence-electron chi connectivity index (χ2n) is 5.27. The van der Waals surface area contributed by atoms with E-state index in [0.29, 0.717) is 6.54 Å². The van der Waals surface area contributed by atoms with Crippen LogP contribution in [0.1, 0.15) is 5.76 Å². The first kappa shape index (κ1) is 18.1. The summed E-state index contributed by atoms with van der Waals surface area (Å²) in [6.45, 7) is 0.499. The third-order valence-electron chi connectivity index (χ3n) is 3.46. The first-order valence-electron chi connectivity index (χ1n) is 7.56. The number of anilines is 2. The SMILES string of the molecule is COc1ccc(Cl)cc1S(=O)(=O)Nc1ccc(NCc2ccco2)cn1. The molecule has 0 fully saturated rings. The van der Waals surface area contributed by atoms with Crippen molar-refractivity contribution in [2.45, 2.75) is 11.4 Å². The summed E-state index contributed by atoms with van der Waals surface area (Å²) < 4.78 is 37.9. The average molecular weight is 394 g/mol. The van der Waals surface area contributed by atoms with E-state index in [0.717, 1.165) is 11.4 Å². The highest BCUT2D eigenvalue weighted by Crippen LogP contribution is 2.28. The number of nitrogens with one attached hydrogen (secondary N) is 2. The van der Waals surface area contributed by atoms with E-state index in [1.807, 2.05) is 6.07 Å². The number of aromatic nitrogens is 1. The molecule has 2 aromatic heterocycles. The predicted octanol–water partition coefficient (Wildman–Crippen LogP) is 3.75. The van der Waals surface area contributed by atoms with E-state index in [1.165, 1.54) is 25.4 Å². The monoisotopic (exact) mass is 393 g/mol. The van der Waals surface area contributed by atoms with E-state index >= 15 is 0 Å². The van der Waals surface area contributed by atoms with E-state index in [4.69, 9.17) is 20.8 Å². The Kier molecular flexibility index (Phi) is 5.34. The van der Waals surface area contributed by atoms with Crippen LogP contribution in [-0.2, 0) is 16.6 Å². The quantitative estimate of drug-likeness (QED) is 0.635. The van der Waals surface area contributed by atoms with Crippen LogP contribution in [0.15, 0.2) is 64.2 Å². The molecule has 2 heterocycles. The van der Waals surface area contributed by atoms with Gasteiger partial charge in [0.25, 0.3) is 10.0 Å². The predicted molar refractivity (Wildman–Crippen MR) is 99.1 cm³/mol. The smallest absolute Gasteiger partial charge is 0.266 e. The Morgan fingerprint density at radius 2 is 2.08 bits per heavy atom. The molecule has 7 nitrogen and oxygen atoms in total. The van der Waals surface area contributed by atoms with Gasteiger partial charge in [0, 0.05) is 5.02 Å². The summed E-state index contributed by atoms with van der Waals surface area (Å²) >= 11 is 5.90. The minimum atomic E-state index is -3.90. The summed E-state index contributed by atoms with van der Waals surface area (Å²) in [5.41, 5.74) is 0.727. The first-order chi connectivity index (χ1) is 12.5. The Morgan fingerprint density at radius 3 is 2.73 bits per heavy atom. The lowest BCUT2D eigenvalue weighted by atomic mass is 10.3. The van der Waals surface area contributed by atoms with Gasteiger partial charge in [-0.2, -0.15) is 0 Å². The molecule has 0 amide bonds. The molecule has 1 aromatic carbocycles. The number of hydrogen-bond donors (Lipinski definition) is 2. The zero-order valence-corrected chi connectivity index (χ0v) is 15.3. The molecule has 0 aliphatic rings. The number of sulfonamides is 1. The van der Waals surface area contributed by atoms with Gasteiger partial charge in [-0.3, -0.25) is 4.72 Å². The highest BCUT2D eigenvalue weighted by molar-refractivity contribution is 7.92. The van der Waals surface area contributed by atoms with Crippen LogP contribution in [0, 0.1) is 0 Å². The van der Waals surface area contributed by atoms with Gasteiger partial charge in [0.05, 0.1) is 31.8 Å². The standard InChI is InChI=1S/C17H16ClN3O4S/c1-24-15-6-4-12(18)9-16(15)26(22,23)21-17-7-5-13(10-20-17)19-11-14-3-2-8-25-14/h2-10,19H,11H2,1H3,(H,20,21). The zero-order chi connectivity index (χ0) is 18.6. The lowest BCUT2D eigenvalue weighted by Gasteiger charge is -2.12. The van der Waals surface area contributed by atoms with Gasteiger partial charge in [0.1, 0.15) is 22.2 Å². The van der Waals surface area contributed by atoms with Crippen molar-refractivity contribution < 1.29 is 17.6 Å². The van der Waals surface area contributed by atoms with Crippen LogP contribution in [0.2, 0.25) is 5.02 Å². The van der Waals surface area contributed by atoms with Crippen molar-refractivity contribution in [3.63, 3.8) is 0 Å². The number of pyridine rings is 1. The second-order valence-corrected chi connectivity index (χ2v) is 7.35. The summed E-state index contributed by atoms with van der Waals surface area (Å²) in [7, 11) is -2.51. The fourth-order valence-electron chi connectivity index (χ4n) is 2.21. The Balaban J connectivity index is 1.73. The van der Waals surface area contributed by atoms with Gasteiger partial charge in [0.15, 0.2) is 0 Å². The summed E-state index contributed by atoms with van der Waals surface area (Å²) in [4.78, 5) is 4.05. The minimum Gasteiger partial charge on any atom is -0.495 e. The number of ether oxygens (including phenoxy) is 1.